The highest BCUT2D eigenvalue weighted by atomic mass is 16.2. The van der Waals surface area contributed by atoms with Crippen molar-refractivity contribution in [2.45, 2.75) is 26.7 Å². The molecule has 1 amide bonds. The molecule has 0 radical (unpaired) electrons. The summed E-state index contributed by atoms with van der Waals surface area (Å²) >= 11 is 0. The molecule has 1 aromatic rings. The number of aromatic nitrogens is 2. The molecule has 0 bridgehead atoms. The Morgan fingerprint density at radius 1 is 1.32 bits per heavy atom. The maximum absolute atomic E-state index is 12.3. The van der Waals surface area contributed by atoms with Gasteiger partial charge in [-0.25, -0.2) is 9.97 Å². The number of nitrogens with zero attached hydrogens (tertiary/aromatic N) is 3. The summed E-state index contributed by atoms with van der Waals surface area (Å²) in [5, 5.41) is 2.97. The van der Waals surface area contributed by atoms with Crippen LogP contribution in [0.2, 0.25) is 0 Å². The van der Waals surface area contributed by atoms with E-state index in [9.17, 15) is 4.79 Å². The largest absolute Gasteiger partial charge is 0.351 e. The Hall–Kier alpha value is -1.91. The average Bonchev–Trinajstić information content (AvgIpc) is 2.44. The molecule has 0 aliphatic heterocycles. The van der Waals surface area contributed by atoms with Gasteiger partial charge in [0.05, 0.1) is 5.56 Å². The first-order valence-corrected chi connectivity index (χ1v) is 6.69. The molecular formula is C14H22N4O. The number of hydrogen-bond acceptors (Lipinski definition) is 4. The van der Waals surface area contributed by atoms with Gasteiger partial charge in [0, 0.05) is 32.0 Å². The molecule has 0 aliphatic rings. The van der Waals surface area contributed by atoms with Crippen LogP contribution in [0.4, 0.5) is 5.95 Å². The van der Waals surface area contributed by atoms with Crippen molar-refractivity contribution in [3.8, 4) is 0 Å². The summed E-state index contributed by atoms with van der Waals surface area (Å²) in [5.74, 6) is 0.507. The van der Waals surface area contributed by atoms with E-state index in [1.165, 1.54) is 0 Å². The lowest BCUT2D eigenvalue weighted by molar-refractivity contribution is 0.0755. The van der Waals surface area contributed by atoms with Crippen molar-refractivity contribution in [3.05, 3.63) is 30.6 Å². The highest BCUT2D eigenvalue weighted by molar-refractivity contribution is 5.93. The van der Waals surface area contributed by atoms with Crippen LogP contribution in [0.15, 0.2) is 25.0 Å². The lowest BCUT2D eigenvalue weighted by Gasteiger charge is -2.21. The fourth-order valence-corrected chi connectivity index (χ4v) is 1.73. The van der Waals surface area contributed by atoms with Crippen LogP contribution in [0.1, 0.15) is 37.0 Å². The second-order valence-electron chi connectivity index (χ2n) is 4.26. The third kappa shape index (κ3) is 4.69. The molecule has 0 aliphatic carbocycles. The monoisotopic (exact) mass is 262 g/mol. The number of carbonyl (C=O) groups excluding carboxylic acids is 1. The highest BCUT2D eigenvalue weighted by Crippen LogP contribution is 2.06. The number of anilines is 1. The second-order valence-corrected chi connectivity index (χ2v) is 4.26. The SMILES string of the molecule is C=CCNc1ncc(C(=O)N(CCC)CCC)cn1. The second kappa shape index (κ2) is 8.24. The van der Waals surface area contributed by atoms with Gasteiger partial charge in [-0.3, -0.25) is 4.79 Å². The summed E-state index contributed by atoms with van der Waals surface area (Å²) < 4.78 is 0. The number of amides is 1. The smallest absolute Gasteiger partial charge is 0.256 e. The van der Waals surface area contributed by atoms with Gasteiger partial charge in [0.2, 0.25) is 5.95 Å². The third-order valence-corrected chi connectivity index (χ3v) is 2.58. The molecule has 5 heteroatoms. The number of carbonyl (C=O) groups is 1. The van der Waals surface area contributed by atoms with E-state index in [2.05, 4.69) is 35.7 Å². The van der Waals surface area contributed by atoms with Gasteiger partial charge < -0.3 is 10.2 Å². The van der Waals surface area contributed by atoms with Gasteiger partial charge in [0.25, 0.3) is 5.91 Å². The first-order valence-electron chi connectivity index (χ1n) is 6.69. The van der Waals surface area contributed by atoms with E-state index in [0.29, 0.717) is 18.1 Å². The molecule has 0 saturated carbocycles. The Balaban J connectivity index is 2.72. The van der Waals surface area contributed by atoms with Crippen molar-refractivity contribution in [1.29, 1.82) is 0 Å². The number of rotatable bonds is 8. The van der Waals surface area contributed by atoms with E-state index in [1.54, 1.807) is 18.5 Å². The number of nitrogens with one attached hydrogen (secondary N) is 1. The van der Waals surface area contributed by atoms with E-state index >= 15 is 0 Å². The van der Waals surface area contributed by atoms with Crippen molar-refractivity contribution in [2.24, 2.45) is 0 Å². The average molecular weight is 262 g/mol. The Morgan fingerprint density at radius 3 is 2.37 bits per heavy atom. The summed E-state index contributed by atoms with van der Waals surface area (Å²) in [5.41, 5.74) is 0.533. The van der Waals surface area contributed by atoms with E-state index in [-0.39, 0.29) is 5.91 Å². The normalized spacial score (nSPS) is 10.0. The van der Waals surface area contributed by atoms with E-state index in [1.807, 2.05) is 4.90 Å². The Kier molecular flexibility index (Phi) is 6.57. The minimum Gasteiger partial charge on any atom is -0.351 e. The first kappa shape index (κ1) is 15.1. The van der Waals surface area contributed by atoms with Crippen molar-refractivity contribution >= 4 is 11.9 Å². The lowest BCUT2D eigenvalue weighted by atomic mass is 10.2. The van der Waals surface area contributed by atoms with Crippen LogP contribution >= 0.6 is 0 Å². The molecule has 0 atom stereocenters. The van der Waals surface area contributed by atoms with Gasteiger partial charge in [-0.2, -0.15) is 0 Å². The predicted molar refractivity (Wildman–Crippen MR) is 77.2 cm³/mol. The zero-order valence-corrected chi connectivity index (χ0v) is 11.7. The van der Waals surface area contributed by atoms with Crippen LogP contribution in [0, 0.1) is 0 Å². The first-order chi connectivity index (χ1) is 9.22. The van der Waals surface area contributed by atoms with Gasteiger partial charge >= 0.3 is 0 Å². The molecule has 1 N–H and O–H groups in total. The van der Waals surface area contributed by atoms with Gasteiger partial charge in [0.1, 0.15) is 0 Å². The van der Waals surface area contributed by atoms with Crippen molar-refractivity contribution < 1.29 is 4.79 Å². The molecule has 0 saturated heterocycles. The van der Waals surface area contributed by atoms with Crippen molar-refractivity contribution in [3.63, 3.8) is 0 Å². The lowest BCUT2D eigenvalue weighted by Crippen LogP contribution is -2.32. The Bertz CT molecular complexity index is 396. The van der Waals surface area contributed by atoms with Crippen LogP contribution < -0.4 is 5.32 Å². The van der Waals surface area contributed by atoms with Crippen molar-refractivity contribution in [2.75, 3.05) is 25.0 Å². The van der Waals surface area contributed by atoms with Gasteiger partial charge in [-0.1, -0.05) is 19.9 Å². The molecular weight excluding hydrogens is 240 g/mol. The Morgan fingerprint density at radius 2 is 1.89 bits per heavy atom. The molecule has 0 fully saturated rings. The highest BCUT2D eigenvalue weighted by Gasteiger charge is 2.14. The van der Waals surface area contributed by atoms with E-state index in [4.69, 9.17) is 0 Å². The molecule has 104 valence electrons. The quantitative estimate of drug-likeness (QED) is 0.731. The maximum atomic E-state index is 12.3. The molecule has 5 nitrogen and oxygen atoms in total. The minimum atomic E-state index is -0.000953. The van der Waals surface area contributed by atoms with Crippen LogP contribution in [0.25, 0.3) is 0 Å². The van der Waals surface area contributed by atoms with Crippen LogP contribution in [0.5, 0.6) is 0 Å². The fraction of sp³-hybridized carbons (Fsp3) is 0.500. The van der Waals surface area contributed by atoms with Crippen LogP contribution in [-0.4, -0.2) is 40.4 Å². The zero-order valence-electron chi connectivity index (χ0n) is 11.7. The molecule has 19 heavy (non-hydrogen) atoms. The molecule has 1 heterocycles. The predicted octanol–water partition coefficient (Wildman–Crippen LogP) is 2.34. The Labute approximate surface area is 114 Å². The standard InChI is InChI=1S/C14H22N4O/c1-4-7-15-14-16-10-12(11-17-14)13(19)18(8-5-2)9-6-3/h4,10-11H,1,5-9H2,2-3H3,(H,15,16,17). The fourth-order valence-electron chi connectivity index (χ4n) is 1.73. The van der Waals surface area contributed by atoms with E-state index in [0.717, 1.165) is 25.9 Å². The molecule has 0 aromatic carbocycles. The molecule has 0 unspecified atom stereocenters. The van der Waals surface area contributed by atoms with Gasteiger partial charge in [0.15, 0.2) is 0 Å². The van der Waals surface area contributed by atoms with Crippen molar-refractivity contribution in [1.82, 2.24) is 14.9 Å². The van der Waals surface area contributed by atoms with Gasteiger partial charge in [-0.05, 0) is 12.8 Å². The van der Waals surface area contributed by atoms with Crippen LogP contribution in [-0.2, 0) is 0 Å². The van der Waals surface area contributed by atoms with E-state index < -0.39 is 0 Å². The molecule has 0 spiro atoms. The third-order valence-electron chi connectivity index (χ3n) is 2.58. The molecule has 1 rings (SSSR count). The summed E-state index contributed by atoms with van der Waals surface area (Å²) in [6.45, 7) is 9.87. The number of hydrogen-bond donors (Lipinski definition) is 1. The summed E-state index contributed by atoms with van der Waals surface area (Å²) in [6, 6.07) is 0. The summed E-state index contributed by atoms with van der Waals surface area (Å²) in [4.78, 5) is 22.3. The topological polar surface area (TPSA) is 58.1 Å². The minimum absolute atomic E-state index is 0.000953. The van der Waals surface area contributed by atoms with Crippen LogP contribution in [0.3, 0.4) is 0 Å². The zero-order chi connectivity index (χ0) is 14.1. The summed E-state index contributed by atoms with van der Waals surface area (Å²) in [7, 11) is 0. The summed E-state index contributed by atoms with van der Waals surface area (Å²) in [6.07, 6.45) is 6.77. The molecule has 1 aromatic heterocycles. The van der Waals surface area contributed by atoms with Gasteiger partial charge in [-0.15, -0.1) is 6.58 Å². The maximum Gasteiger partial charge on any atom is 0.256 e.